The highest BCUT2D eigenvalue weighted by atomic mass is 16.5. The highest BCUT2D eigenvalue weighted by Gasteiger charge is 2.25. The maximum Gasteiger partial charge on any atom is 0.407 e. The Hall–Kier alpha value is -5.42. The summed E-state index contributed by atoms with van der Waals surface area (Å²) in [5, 5.41) is 18.6. The lowest BCUT2D eigenvalue weighted by molar-refractivity contribution is -0.145. The van der Waals surface area contributed by atoms with Crippen LogP contribution < -0.4 is 20.7 Å². The van der Waals surface area contributed by atoms with E-state index < -0.39 is 24.1 Å². The van der Waals surface area contributed by atoms with Crippen LogP contribution in [0.15, 0.2) is 110 Å². The number of carbonyl (C=O) groups excluding carboxylic acids is 4. The van der Waals surface area contributed by atoms with Crippen molar-refractivity contribution >= 4 is 23.9 Å². The van der Waals surface area contributed by atoms with Crippen molar-refractivity contribution in [3.05, 3.63) is 127 Å². The fourth-order valence-corrected chi connectivity index (χ4v) is 5.56. The van der Waals surface area contributed by atoms with Gasteiger partial charge in [0.15, 0.2) is 0 Å². The molecule has 3 aromatic rings. The van der Waals surface area contributed by atoms with Crippen LogP contribution in [0.5, 0.6) is 5.75 Å². The molecule has 4 N–H and O–H groups in total. The van der Waals surface area contributed by atoms with Crippen molar-refractivity contribution < 1.29 is 38.5 Å². The van der Waals surface area contributed by atoms with Gasteiger partial charge in [0.2, 0.25) is 11.8 Å². The summed E-state index contributed by atoms with van der Waals surface area (Å²) in [5.74, 6) is -1.14. The molecule has 0 aliphatic carbocycles. The van der Waals surface area contributed by atoms with E-state index >= 15 is 0 Å². The Kier molecular flexibility index (Phi) is 20.3. The van der Waals surface area contributed by atoms with Crippen LogP contribution in [-0.2, 0) is 43.5 Å². The van der Waals surface area contributed by atoms with Gasteiger partial charge in [0, 0.05) is 19.4 Å². The van der Waals surface area contributed by atoms with Gasteiger partial charge in [-0.1, -0.05) is 84.9 Å². The van der Waals surface area contributed by atoms with E-state index in [1.165, 1.54) is 0 Å². The summed E-state index contributed by atoms with van der Waals surface area (Å²) < 4.78 is 16.6. The molecule has 54 heavy (non-hydrogen) atoms. The number of benzene rings is 3. The number of alkyl carbamates (subject to hydrolysis) is 1. The summed E-state index contributed by atoms with van der Waals surface area (Å²) in [6.45, 7) is 8.11. The molecule has 3 amide bonds. The number of allylic oxidation sites excluding steroid dienone is 2. The Morgan fingerprint density at radius 1 is 0.741 bits per heavy atom. The average molecular weight is 742 g/mol. The quantitative estimate of drug-likeness (QED) is 0.0422. The predicted molar refractivity (Wildman–Crippen MR) is 208 cm³/mol. The van der Waals surface area contributed by atoms with Crippen molar-refractivity contribution in [1.29, 1.82) is 0 Å². The second-order valence-electron chi connectivity index (χ2n) is 13.0. The van der Waals surface area contributed by atoms with Crippen molar-refractivity contribution in [2.45, 2.75) is 83.1 Å². The zero-order valence-electron chi connectivity index (χ0n) is 31.1. The fraction of sp³-hybridized carbons (Fsp3) is 0.395. The Bertz CT molecular complexity index is 1570. The van der Waals surface area contributed by atoms with Crippen LogP contribution >= 0.6 is 0 Å². The van der Waals surface area contributed by atoms with E-state index in [9.17, 15) is 24.3 Å². The minimum absolute atomic E-state index is 0.0269. The van der Waals surface area contributed by atoms with E-state index in [2.05, 4.69) is 29.1 Å². The third kappa shape index (κ3) is 17.9. The summed E-state index contributed by atoms with van der Waals surface area (Å²) in [6, 6.07) is 25.7. The van der Waals surface area contributed by atoms with Gasteiger partial charge >= 0.3 is 12.1 Å². The van der Waals surface area contributed by atoms with Gasteiger partial charge in [-0.05, 0) is 73.8 Å². The molecule has 3 rings (SSSR count). The normalized spacial score (nSPS) is 12.3. The first-order valence-electron chi connectivity index (χ1n) is 18.6. The van der Waals surface area contributed by atoms with E-state index in [4.69, 9.17) is 14.2 Å². The largest absolute Gasteiger partial charge is 0.489 e. The van der Waals surface area contributed by atoms with E-state index in [0.717, 1.165) is 16.7 Å². The average Bonchev–Trinajstić information content (AvgIpc) is 3.19. The molecule has 0 saturated heterocycles. The molecule has 0 bridgehead atoms. The van der Waals surface area contributed by atoms with Crippen molar-refractivity contribution in [2.24, 2.45) is 5.92 Å². The highest BCUT2D eigenvalue weighted by Crippen LogP contribution is 2.17. The van der Waals surface area contributed by atoms with E-state index in [-0.39, 0.29) is 56.9 Å². The molecule has 0 aromatic heterocycles. The minimum Gasteiger partial charge on any atom is -0.489 e. The number of aliphatic hydroxyl groups is 1. The lowest BCUT2D eigenvalue weighted by Crippen LogP contribution is -2.45. The molecular formula is C43H55N3O8. The van der Waals surface area contributed by atoms with Gasteiger partial charge in [0.1, 0.15) is 25.6 Å². The number of hydrogen-bond donors (Lipinski definition) is 4. The van der Waals surface area contributed by atoms with E-state index in [1.807, 2.05) is 84.9 Å². The van der Waals surface area contributed by atoms with E-state index in [1.54, 1.807) is 12.2 Å². The second kappa shape index (κ2) is 25.5. The van der Waals surface area contributed by atoms with Crippen LogP contribution in [0.2, 0.25) is 0 Å². The second-order valence-corrected chi connectivity index (χ2v) is 13.0. The first-order valence-corrected chi connectivity index (χ1v) is 18.6. The fourth-order valence-electron chi connectivity index (χ4n) is 5.56. The van der Waals surface area contributed by atoms with Gasteiger partial charge in [0.05, 0.1) is 24.6 Å². The number of esters is 1. The van der Waals surface area contributed by atoms with Crippen LogP contribution in [-0.4, -0.2) is 60.8 Å². The number of aliphatic hydroxyl groups excluding tert-OH is 1. The molecule has 0 spiro atoms. The Morgan fingerprint density at radius 3 is 2.07 bits per heavy atom. The number of amides is 3. The van der Waals surface area contributed by atoms with Gasteiger partial charge in [-0.2, -0.15) is 0 Å². The van der Waals surface area contributed by atoms with Crippen LogP contribution in [0.4, 0.5) is 4.79 Å². The Balaban J connectivity index is 1.49. The molecule has 11 heteroatoms. The molecule has 3 aromatic carbocycles. The lowest BCUT2D eigenvalue weighted by Gasteiger charge is -2.23. The lowest BCUT2D eigenvalue weighted by atomic mass is 9.98. The van der Waals surface area contributed by atoms with Crippen molar-refractivity contribution in [2.75, 3.05) is 19.8 Å². The van der Waals surface area contributed by atoms with Crippen LogP contribution in [0.3, 0.4) is 0 Å². The van der Waals surface area contributed by atoms with Gasteiger partial charge < -0.3 is 35.3 Å². The smallest absolute Gasteiger partial charge is 0.407 e. The monoisotopic (exact) mass is 741 g/mol. The number of rotatable bonds is 26. The van der Waals surface area contributed by atoms with Gasteiger partial charge in [0.25, 0.3) is 0 Å². The van der Waals surface area contributed by atoms with Gasteiger partial charge in [-0.25, -0.2) is 4.79 Å². The van der Waals surface area contributed by atoms with Crippen LogP contribution in [0.25, 0.3) is 0 Å². The van der Waals surface area contributed by atoms with Crippen LogP contribution in [0.1, 0.15) is 68.1 Å². The molecule has 0 saturated carbocycles. The zero-order chi connectivity index (χ0) is 38.8. The number of ether oxygens (including phenoxy) is 3. The first kappa shape index (κ1) is 43.0. The molecule has 0 unspecified atom stereocenters. The summed E-state index contributed by atoms with van der Waals surface area (Å²) in [4.78, 5) is 51.1. The van der Waals surface area contributed by atoms with Gasteiger partial charge in [-0.15, -0.1) is 13.2 Å². The minimum atomic E-state index is -0.727. The van der Waals surface area contributed by atoms with Gasteiger partial charge in [-0.3, -0.25) is 14.4 Å². The van der Waals surface area contributed by atoms with Crippen molar-refractivity contribution in [3.8, 4) is 5.75 Å². The molecule has 0 radical (unpaired) electrons. The maximum absolute atomic E-state index is 13.5. The third-order valence-electron chi connectivity index (χ3n) is 8.54. The molecule has 3 atom stereocenters. The number of nitrogens with one attached hydrogen (secondary N) is 3. The third-order valence-corrected chi connectivity index (χ3v) is 8.54. The van der Waals surface area contributed by atoms with Crippen LogP contribution in [0, 0.1) is 5.92 Å². The first-order chi connectivity index (χ1) is 26.3. The SMILES string of the molecule is C=CCCCC(=O)OC[C@H](CCCCNC(=O)OCc1ccccc1)NC(=O)[C@H](CC=C)CC(=O)N[C@H](CO)Cc1ccc(OCc2ccccc2)cc1. The zero-order valence-corrected chi connectivity index (χ0v) is 31.1. The number of carbonyl (C=O) groups is 4. The van der Waals surface area contributed by atoms with Crippen molar-refractivity contribution in [3.63, 3.8) is 0 Å². The summed E-state index contributed by atoms with van der Waals surface area (Å²) in [5.41, 5.74) is 2.85. The number of hydrogen-bond acceptors (Lipinski definition) is 8. The molecule has 0 aliphatic rings. The Labute approximate surface area is 319 Å². The van der Waals surface area contributed by atoms with Crippen molar-refractivity contribution in [1.82, 2.24) is 16.0 Å². The maximum atomic E-state index is 13.5. The summed E-state index contributed by atoms with van der Waals surface area (Å²) >= 11 is 0. The molecular weight excluding hydrogens is 686 g/mol. The van der Waals surface area contributed by atoms with E-state index in [0.29, 0.717) is 57.4 Å². The molecule has 0 aliphatic heterocycles. The Morgan fingerprint density at radius 2 is 1.43 bits per heavy atom. The highest BCUT2D eigenvalue weighted by molar-refractivity contribution is 5.86. The molecule has 11 nitrogen and oxygen atoms in total. The molecule has 0 fully saturated rings. The topological polar surface area (TPSA) is 152 Å². The standard InChI is InChI=1S/C43H55N3O8/c1-3-5-8-21-41(49)53-32-37(20-13-14-26-44-43(51)54-31-35-18-11-7-12-19-35)46-42(50)36(15-4-2)28-40(48)45-38(29-47)27-33-22-24-39(25-23-33)52-30-34-16-9-6-10-17-34/h3-4,6-7,9-12,16-19,22-25,36-38,47H,1-2,5,8,13-15,20-21,26-32H2,(H,44,51)(H,45,48)(H,46,50)/t36-,37+,38+/m1/s1. The number of unbranched alkanes of at least 4 members (excludes halogenated alkanes) is 2. The molecule has 290 valence electrons. The summed E-state index contributed by atoms with van der Waals surface area (Å²) in [6.07, 6.45) is 6.54. The summed E-state index contributed by atoms with van der Waals surface area (Å²) in [7, 11) is 0. The predicted octanol–water partition coefficient (Wildman–Crippen LogP) is 6.35. The molecule has 0 heterocycles.